The maximum absolute atomic E-state index is 13.4. The van der Waals surface area contributed by atoms with E-state index in [1.807, 2.05) is 0 Å². The van der Waals surface area contributed by atoms with Gasteiger partial charge in [-0.15, -0.1) is 0 Å². The van der Waals surface area contributed by atoms with E-state index in [4.69, 9.17) is 0 Å². The van der Waals surface area contributed by atoms with Gasteiger partial charge in [0.15, 0.2) is 0 Å². The molecule has 0 aliphatic heterocycles. The summed E-state index contributed by atoms with van der Waals surface area (Å²) in [6.45, 7) is 0.491. The molecule has 17 heavy (non-hydrogen) atoms. The van der Waals surface area contributed by atoms with Gasteiger partial charge in [0.05, 0.1) is 5.56 Å². The Kier molecular flexibility index (Phi) is 2.98. The second-order valence-corrected chi connectivity index (χ2v) is 4.58. The summed E-state index contributed by atoms with van der Waals surface area (Å²) in [5.74, 6) is -5.57. The van der Waals surface area contributed by atoms with Crippen molar-refractivity contribution in [1.29, 1.82) is 0 Å². The van der Waals surface area contributed by atoms with Gasteiger partial charge in [-0.3, -0.25) is 4.79 Å². The quantitative estimate of drug-likeness (QED) is 0.734. The molecule has 1 aromatic rings. The summed E-state index contributed by atoms with van der Waals surface area (Å²) in [7, 11) is 0. The van der Waals surface area contributed by atoms with Gasteiger partial charge in [0.25, 0.3) is 0 Å². The molecule has 0 atom stereocenters. The van der Waals surface area contributed by atoms with Crippen LogP contribution >= 0.6 is 0 Å². The highest BCUT2D eigenvalue weighted by molar-refractivity contribution is 6.01. The van der Waals surface area contributed by atoms with Crippen molar-refractivity contribution in [1.82, 2.24) is 0 Å². The molecular formula is C13H13F3O. The number of benzene rings is 1. The molecule has 0 heterocycles. The van der Waals surface area contributed by atoms with E-state index < -0.39 is 23.1 Å². The molecule has 1 aromatic carbocycles. The van der Waals surface area contributed by atoms with Crippen molar-refractivity contribution < 1.29 is 18.0 Å². The third kappa shape index (κ3) is 2.35. The van der Waals surface area contributed by atoms with Gasteiger partial charge in [0.1, 0.15) is 5.82 Å². The number of carbonyl (C=O) groups is 1. The third-order valence-electron chi connectivity index (χ3n) is 3.21. The molecule has 0 amide bonds. The number of rotatable bonds is 3. The van der Waals surface area contributed by atoms with E-state index in [0.717, 1.165) is 30.9 Å². The van der Waals surface area contributed by atoms with E-state index in [-0.39, 0.29) is 5.92 Å². The summed E-state index contributed by atoms with van der Waals surface area (Å²) in [6, 6.07) is 3.95. The maximum Gasteiger partial charge on any atom is 0.307 e. The van der Waals surface area contributed by atoms with Crippen molar-refractivity contribution in [2.24, 2.45) is 0 Å². The van der Waals surface area contributed by atoms with Crippen LogP contribution in [0.2, 0.25) is 0 Å². The molecule has 0 bridgehead atoms. The van der Waals surface area contributed by atoms with E-state index in [9.17, 15) is 18.0 Å². The van der Waals surface area contributed by atoms with Gasteiger partial charge in [-0.1, -0.05) is 12.5 Å². The van der Waals surface area contributed by atoms with E-state index in [2.05, 4.69) is 0 Å². The lowest BCUT2D eigenvalue weighted by molar-refractivity contribution is 0.0217. The average Bonchev–Trinajstić information content (AvgIpc) is 2.15. The number of hydrogen-bond donors (Lipinski definition) is 0. The fourth-order valence-corrected chi connectivity index (χ4v) is 1.95. The van der Waals surface area contributed by atoms with E-state index in [0.29, 0.717) is 6.92 Å². The largest absolute Gasteiger partial charge is 0.307 e. The zero-order valence-corrected chi connectivity index (χ0v) is 9.47. The maximum atomic E-state index is 13.4. The highest BCUT2D eigenvalue weighted by Crippen LogP contribution is 2.37. The molecule has 0 saturated heterocycles. The minimum Gasteiger partial charge on any atom is -0.287 e. The van der Waals surface area contributed by atoms with Crippen LogP contribution in [0.3, 0.4) is 0 Å². The van der Waals surface area contributed by atoms with Crippen molar-refractivity contribution in [2.45, 2.75) is 38.0 Å². The number of alkyl halides is 2. The Morgan fingerprint density at radius 3 is 2.47 bits per heavy atom. The highest BCUT2D eigenvalue weighted by atomic mass is 19.3. The lowest BCUT2D eigenvalue weighted by Gasteiger charge is -2.26. The second-order valence-electron chi connectivity index (χ2n) is 4.58. The Bertz CT molecular complexity index is 444. The van der Waals surface area contributed by atoms with Crippen LogP contribution in [0.1, 0.15) is 48.0 Å². The molecule has 1 aliphatic carbocycles. The minimum atomic E-state index is -3.53. The predicted octanol–water partition coefficient (Wildman–Crippen LogP) is 3.93. The molecule has 2 rings (SSSR count). The molecule has 1 saturated carbocycles. The first-order valence-electron chi connectivity index (χ1n) is 5.61. The lowest BCUT2D eigenvalue weighted by Crippen LogP contribution is -2.25. The van der Waals surface area contributed by atoms with Crippen molar-refractivity contribution in [2.75, 3.05) is 0 Å². The topological polar surface area (TPSA) is 17.1 Å². The Labute approximate surface area is 97.6 Å². The van der Waals surface area contributed by atoms with E-state index >= 15 is 0 Å². The lowest BCUT2D eigenvalue weighted by atomic mass is 9.79. The number of carbonyl (C=O) groups excluding carboxylic acids is 1. The Balaban J connectivity index is 2.35. The highest BCUT2D eigenvalue weighted by Gasteiger charge is 2.35. The molecule has 0 aromatic heterocycles. The molecule has 0 spiro atoms. The summed E-state index contributed by atoms with van der Waals surface area (Å²) < 4.78 is 39.2. The zero-order valence-electron chi connectivity index (χ0n) is 9.47. The normalized spacial score (nSPS) is 16.7. The average molecular weight is 242 g/mol. The fraction of sp³-hybridized carbons (Fsp3) is 0.462. The second kappa shape index (κ2) is 4.17. The van der Waals surface area contributed by atoms with Crippen LogP contribution in [0.5, 0.6) is 0 Å². The fourth-order valence-electron chi connectivity index (χ4n) is 1.95. The van der Waals surface area contributed by atoms with Gasteiger partial charge in [0.2, 0.25) is 5.78 Å². The van der Waals surface area contributed by atoms with Gasteiger partial charge in [-0.05, 0) is 36.5 Å². The van der Waals surface area contributed by atoms with Crippen LogP contribution in [-0.4, -0.2) is 11.7 Å². The summed E-state index contributed by atoms with van der Waals surface area (Å²) >= 11 is 0. The van der Waals surface area contributed by atoms with Gasteiger partial charge in [-0.2, -0.15) is 8.78 Å². The monoisotopic (exact) mass is 242 g/mol. The Morgan fingerprint density at radius 1 is 1.35 bits per heavy atom. The number of hydrogen-bond acceptors (Lipinski definition) is 1. The summed E-state index contributed by atoms with van der Waals surface area (Å²) in [6.07, 6.45) is 3.04. The van der Waals surface area contributed by atoms with Crippen LogP contribution < -0.4 is 0 Å². The molecular weight excluding hydrogens is 229 g/mol. The van der Waals surface area contributed by atoms with Crippen LogP contribution in [0, 0.1) is 5.82 Å². The first-order chi connectivity index (χ1) is 7.89. The molecule has 1 fully saturated rings. The molecule has 92 valence electrons. The molecule has 0 unspecified atom stereocenters. The van der Waals surface area contributed by atoms with Gasteiger partial charge >= 0.3 is 5.92 Å². The number of Topliss-reactive ketones (excluding diaryl/α,β-unsaturated/α-hetero) is 1. The van der Waals surface area contributed by atoms with Crippen molar-refractivity contribution in [3.8, 4) is 0 Å². The van der Waals surface area contributed by atoms with E-state index in [1.54, 1.807) is 6.07 Å². The molecule has 4 heteroatoms. The molecule has 0 radical (unpaired) electrons. The predicted molar refractivity (Wildman–Crippen MR) is 57.9 cm³/mol. The minimum absolute atomic E-state index is 0.285. The molecule has 1 aliphatic rings. The van der Waals surface area contributed by atoms with Crippen LogP contribution in [0.15, 0.2) is 18.2 Å². The van der Waals surface area contributed by atoms with Crippen LogP contribution in [0.4, 0.5) is 13.2 Å². The first kappa shape index (κ1) is 12.1. The van der Waals surface area contributed by atoms with Crippen molar-refractivity contribution in [3.05, 3.63) is 35.1 Å². The van der Waals surface area contributed by atoms with E-state index in [1.165, 1.54) is 6.07 Å². The van der Waals surface area contributed by atoms with Crippen molar-refractivity contribution >= 4 is 5.78 Å². The van der Waals surface area contributed by atoms with Gasteiger partial charge in [0, 0.05) is 6.92 Å². The smallest absolute Gasteiger partial charge is 0.287 e. The number of halogens is 3. The van der Waals surface area contributed by atoms with Crippen molar-refractivity contribution in [3.63, 3.8) is 0 Å². The standard InChI is InChI=1S/C13H13F3O/c1-13(15,16)12(17)10-7-9(5-6-11(10)14)8-3-2-4-8/h5-8H,2-4H2,1H3. The van der Waals surface area contributed by atoms with Crippen LogP contribution in [0.25, 0.3) is 0 Å². The molecule has 1 nitrogen and oxygen atoms in total. The summed E-state index contributed by atoms with van der Waals surface area (Å²) in [5, 5.41) is 0. The SMILES string of the molecule is CC(F)(F)C(=O)c1cc(C2CCC2)ccc1F. The number of ketones is 1. The Morgan fingerprint density at radius 2 is 2.00 bits per heavy atom. The summed E-state index contributed by atoms with van der Waals surface area (Å²) in [4.78, 5) is 11.4. The zero-order chi connectivity index (χ0) is 12.6. The van der Waals surface area contributed by atoms with Gasteiger partial charge in [-0.25, -0.2) is 4.39 Å². The van der Waals surface area contributed by atoms with Gasteiger partial charge < -0.3 is 0 Å². The molecule has 0 N–H and O–H groups in total. The van der Waals surface area contributed by atoms with Crippen LogP contribution in [-0.2, 0) is 0 Å². The third-order valence-corrected chi connectivity index (χ3v) is 3.21. The summed E-state index contributed by atoms with van der Waals surface area (Å²) in [5.41, 5.74) is 0.284. The Hall–Kier alpha value is -1.32. The first-order valence-corrected chi connectivity index (χ1v) is 5.61.